The van der Waals surface area contributed by atoms with Crippen LogP contribution in [-0.4, -0.2) is 48.3 Å². The first kappa shape index (κ1) is 15.9. The Morgan fingerprint density at radius 3 is 2.60 bits per heavy atom. The molecule has 6 heteroatoms. The molecule has 0 unspecified atom stereocenters. The van der Waals surface area contributed by atoms with E-state index < -0.39 is 0 Å². The van der Waals surface area contributed by atoms with E-state index in [9.17, 15) is 4.79 Å². The molecule has 0 atom stereocenters. The van der Waals surface area contributed by atoms with Crippen LogP contribution < -0.4 is 10.6 Å². The average molecular weight is 277 g/mol. The summed E-state index contributed by atoms with van der Waals surface area (Å²) in [5, 5.41) is 7.24. The Morgan fingerprint density at radius 1 is 1.40 bits per heavy atom. The van der Waals surface area contributed by atoms with E-state index in [-0.39, 0.29) is 11.7 Å². The minimum Gasteiger partial charge on any atom is -0.388 e. The number of rotatable bonds is 7. The molecule has 6 nitrogen and oxygen atoms in total. The third-order valence-electron chi connectivity index (χ3n) is 3.17. The summed E-state index contributed by atoms with van der Waals surface area (Å²) in [4.78, 5) is 20.1. The van der Waals surface area contributed by atoms with Crippen molar-refractivity contribution in [2.24, 2.45) is 5.73 Å². The van der Waals surface area contributed by atoms with Crippen molar-refractivity contribution in [3.8, 4) is 0 Å². The van der Waals surface area contributed by atoms with Gasteiger partial charge in [-0.3, -0.25) is 15.2 Å². The number of aromatic nitrogens is 1. The maximum Gasteiger partial charge on any atom is 0.272 e. The zero-order valence-corrected chi connectivity index (χ0v) is 12.4. The number of amides is 1. The number of pyridine rings is 1. The van der Waals surface area contributed by atoms with E-state index in [0.29, 0.717) is 31.7 Å². The van der Waals surface area contributed by atoms with E-state index in [1.807, 2.05) is 31.9 Å². The normalized spacial score (nSPS) is 10.2. The molecule has 1 amide bonds. The van der Waals surface area contributed by atoms with Crippen molar-refractivity contribution in [1.29, 1.82) is 5.41 Å². The first-order valence-electron chi connectivity index (χ1n) is 6.78. The Labute approximate surface area is 120 Å². The van der Waals surface area contributed by atoms with Crippen molar-refractivity contribution < 1.29 is 4.79 Å². The van der Waals surface area contributed by atoms with Crippen molar-refractivity contribution in [3.05, 3.63) is 24.0 Å². The molecule has 110 valence electrons. The molecule has 0 saturated carbocycles. The molecule has 0 aliphatic heterocycles. The molecule has 1 rings (SSSR count). The lowest BCUT2D eigenvalue weighted by Gasteiger charge is -2.21. The highest BCUT2D eigenvalue weighted by Gasteiger charge is 2.15. The summed E-state index contributed by atoms with van der Waals surface area (Å²) in [6.07, 6.45) is 2.13. The van der Waals surface area contributed by atoms with Gasteiger partial charge in [0.2, 0.25) is 0 Å². The molecule has 0 fully saturated rings. The topological polar surface area (TPSA) is 86.3 Å². The molecule has 1 aromatic heterocycles. The molecule has 0 bridgehead atoms. The summed E-state index contributed by atoms with van der Waals surface area (Å²) in [6.45, 7) is 5.87. The zero-order valence-electron chi connectivity index (χ0n) is 12.4. The van der Waals surface area contributed by atoms with Crippen LogP contribution in [0, 0.1) is 5.41 Å². The van der Waals surface area contributed by atoms with Gasteiger partial charge in [-0.15, -0.1) is 0 Å². The molecule has 0 radical (unpaired) electrons. The van der Waals surface area contributed by atoms with Crippen LogP contribution in [0.4, 0.5) is 5.69 Å². The van der Waals surface area contributed by atoms with Crippen LogP contribution in [0.5, 0.6) is 0 Å². The number of carbonyl (C=O) groups is 1. The number of nitrogens with two attached hydrogens (primary N) is 1. The van der Waals surface area contributed by atoms with Crippen LogP contribution in [0.1, 0.15) is 30.8 Å². The first-order valence-corrected chi connectivity index (χ1v) is 6.78. The zero-order chi connectivity index (χ0) is 15.1. The quantitative estimate of drug-likeness (QED) is 0.581. The molecule has 1 heterocycles. The van der Waals surface area contributed by atoms with Crippen molar-refractivity contribution >= 4 is 17.4 Å². The molecule has 0 spiro atoms. The highest BCUT2D eigenvalue weighted by atomic mass is 16.2. The molecular formula is C14H23N5O. The fourth-order valence-electron chi connectivity index (χ4n) is 1.86. The monoisotopic (exact) mass is 277 g/mol. The van der Waals surface area contributed by atoms with Crippen LogP contribution in [0.25, 0.3) is 0 Å². The highest BCUT2D eigenvalue weighted by Crippen LogP contribution is 2.14. The molecule has 1 aromatic rings. The van der Waals surface area contributed by atoms with Crippen molar-refractivity contribution in [1.82, 2.24) is 9.88 Å². The van der Waals surface area contributed by atoms with Crippen LogP contribution in [0.15, 0.2) is 18.3 Å². The van der Waals surface area contributed by atoms with E-state index in [0.717, 1.165) is 5.69 Å². The number of nitrogens with one attached hydrogen (secondary N) is 1. The van der Waals surface area contributed by atoms with Gasteiger partial charge in [0.15, 0.2) is 0 Å². The van der Waals surface area contributed by atoms with Crippen molar-refractivity contribution in [2.75, 3.05) is 31.6 Å². The number of hydrogen-bond acceptors (Lipinski definition) is 4. The van der Waals surface area contributed by atoms with Gasteiger partial charge in [-0.05, 0) is 26.0 Å². The van der Waals surface area contributed by atoms with Crippen LogP contribution in [0.3, 0.4) is 0 Å². The summed E-state index contributed by atoms with van der Waals surface area (Å²) in [7, 11) is 1.91. The van der Waals surface area contributed by atoms with Gasteiger partial charge in [-0.1, -0.05) is 0 Å². The fourth-order valence-corrected chi connectivity index (χ4v) is 1.86. The molecule has 0 aromatic carbocycles. The van der Waals surface area contributed by atoms with Crippen LogP contribution in [-0.2, 0) is 0 Å². The van der Waals surface area contributed by atoms with Crippen LogP contribution >= 0.6 is 0 Å². The standard InChI is InChI=1S/C14H23N5O/c1-4-19(5-2)14(20)12-10-11(6-8-17-12)18(3)9-7-13(15)16/h6,8,10H,4-5,7,9H2,1-3H3,(H3,15,16). The summed E-state index contributed by atoms with van der Waals surface area (Å²) in [6, 6.07) is 3.62. The number of carbonyl (C=O) groups excluding carboxylic acids is 1. The second-order valence-corrected chi connectivity index (χ2v) is 4.57. The van der Waals surface area contributed by atoms with Gasteiger partial charge in [0, 0.05) is 45.0 Å². The predicted molar refractivity (Wildman–Crippen MR) is 81.3 cm³/mol. The van der Waals surface area contributed by atoms with Crippen LogP contribution in [0.2, 0.25) is 0 Å². The van der Waals surface area contributed by atoms with E-state index in [1.54, 1.807) is 17.2 Å². The molecule has 3 N–H and O–H groups in total. The maximum absolute atomic E-state index is 12.2. The largest absolute Gasteiger partial charge is 0.388 e. The number of amidine groups is 1. The second-order valence-electron chi connectivity index (χ2n) is 4.57. The van der Waals surface area contributed by atoms with Crippen molar-refractivity contribution in [3.63, 3.8) is 0 Å². The van der Waals surface area contributed by atoms with E-state index in [4.69, 9.17) is 11.1 Å². The Bertz CT molecular complexity index is 470. The Kier molecular flexibility index (Phi) is 5.96. The van der Waals surface area contributed by atoms with E-state index in [1.165, 1.54) is 0 Å². The highest BCUT2D eigenvalue weighted by molar-refractivity contribution is 5.93. The van der Waals surface area contributed by atoms with Crippen molar-refractivity contribution in [2.45, 2.75) is 20.3 Å². The Morgan fingerprint density at radius 2 is 2.05 bits per heavy atom. The number of hydrogen-bond donors (Lipinski definition) is 2. The SMILES string of the molecule is CCN(CC)C(=O)c1cc(N(C)CCC(=N)N)ccn1. The minimum atomic E-state index is -0.0585. The molecule has 20 heavy (non-hydrogen) atoms. The lowest BCUT2D eigenvalue weighted by atomic mass is 10.2. The van der Waals surface area contributed by atoms with Gasteiger partial charge < -0.3 is 15.5 Å². The minimum absolute atomic E-state index is 0.0585. The van der Waals surface area contributed by atoms with E-state index in [2.05, 4.69) is 4.98 Å². The fraction of sp³-hybridized carbons (Fsp3) is 0.500. The Balaban J connectivity index is 2.84. The smallest absolute Gasteiger partial charge is 0.272 e. The summed E-state index contributed by atoms with van der Waals surface area (Å²) < 4.78 is 0. The summed E-state index contributed by atoms with van der Waals surface area (Å²) >= 11 is 0. The molecule has 0 saturated heterocycles. The maximum atomic E-state index is 12.2. The molecule has 0 aliphatic carbocycles. The third kappa shape index (κ3) is 4.22. The first-order chi connectivity index (χ1) is 9.49. The van der Waals surface area contributed by atoms with Gasteiger partial charge in [-0.25, -0.2) is 0 Å². The predicted octanol–water partition coefficient (Wildman–Crippen LogP) is 1.33. The lowest BCUT2D eigenvalue weighted by molar-refractivity contribution is 0.0767. The van der Waals surface area contributed by atoms with Gasteiger partial charge >= 0.3 is 0 Å². The number of anilines is 1. The van der Waals surface area contributed by atoms with E-state index >= 15 is 0 Å². The van der Waals surface area contributed by atoms with Gasteiger partial charge in [0.05, 0.1) is 5.84 Å². The molecule has 0 aliphatic rings. The lowest BCUT2D eigenvalue weighted by Crippen LogP contribution is -2.31. The van der Waals surface area contributed by atoms with Gasteiger partial charge in [-0.2, -0.15) is 0 Å². The second kappa shape index (κ2) is 7.47. The number of nitrogens with zero attached hydrogens (tertiary/aromatic N) is 3. The molecular weight excluding hydrogens is 254 g/mol. The summed E-state index contributed by atoms with van der Waals surface area (Å²) in [5.74, 6) is 0.0992. The van der Waals surface area contributed by atoms with Gasteiger partial charge in [0.25, 0.3) is 5.91 Å². The summed E-state index contributed by atoms with van der Waals surface area (Å²) in [5.41, 5.74) is 6.70. The average Bonchev–Trinajstić information content (AvgIpc) is 2.46. The van der Waals surface area contributed by atoms with Gasteiger partial charge in [0.1, 0.15) is 5.69 Å². The third-order valence-corrected chi connectivity index (χ3v) is 3.17. The Hall–Kier alpha value is -2.11.